The van der Waals surface area contributed by atoms with Crippen LogP contribution in [0.5, 0.6) is 0 Å². The van der Waals surface area contributed by atoms with Gasteiger partial charge < -0.3 is 15.4 Å². The molecule has 1 aromatic rings. The minimum Gasteiger partial charge on any atom is -0.375 e. The highest BCUT2D eigenvalue weighted by Gasteiger charge is 2.23. The molecule has 20 heavy (non-hydrogen) atoms. The lowest BCUT2D eigenvalue weighted by Gasteiger charge is -2.32. The van der Waals surface area contributed by atoms with Crippen LogP contribution in [0.4, 0.5) is 0 Å². The number of amides is 1. The summed E-state index contributed by atoms with van der Waals surface area (Å²) in [4.78, 5) is 14.1. The van der Waals surface area contributed by atoms with Crippen molar-refractivity contribution in [2.24, 2.45) is 5.73 Å². The first-order valence-electron chi connectivity index (χ1n) is 7.40. The topological polar surface area (TPSA) is 55.6 Å². The average Bonchev–Trinajstić information content (AvgIpc) is 2.53. The van der Waals surface area contributed by atoms with Crippen LogP contribution in [0.25, 0.3) is 0 Å². The molecular weight excluding hydrogens is 252 g/mol. The number of ether oxygens (including phenoxy) is 1. The van der Waals surface area contributed by atoms with Crippen LogP contribution < -0.4 is 5.73 Å². The molecule has 1 aliphatic heterocycles. The fraction of sp³-hybridized carbons (Fsp3) is 0.562. The molecule has 1 aliphatic rings. The quantitative estimate of drug-likeness (QED) is 0.896. The second-order valence-corrected chi connectivity index (χ2v) is 5.30. The summed E-state index contributed by atoms with van der Waals surface area (Å²) in [5, 5.41) is 0. The maximum Gasteiger partial charge on any atom is 0.222 e. The van der Waals surface area contributed by atoms with E-state index in [1.807, 2.05) is 35.2 Å². The van der Waals surface area contributed by atoms with Crippen LogP contribution in [0.1, 0.15) is 37.8 Å². The number of carbonyl (C=O) groups is 1. The van der Waals surface area contributed by atoms with Gasteiger partial charge in [0.25, 0.3) is 0 Å². The Kier molecular flexibility index (Phi) is 5.56. The number of morpholine rings is 1. The van der Waals surface area contributed by atoms with E-state index in [1.54, 1.807) is 0 Å². The normalized spacial score (nSPS) is 20.7. The van der Waals surface area contributed by atoms with Gasteiger partial charge in [-0.3, -0.25) is 4.79 Å². The van der Waals surface area contributed by atoms with Gasteiger partial charge in [-0.25, -0.2) is 0 Å². The van der Waals surface area contributed by atoms with E-state index in [-0.39, 0.29) is 18.1 Å². The molecule has 2 rings (SSSR count). The third-order valence-electron chi connectivity index (χ3n) is 3.84. The molecule has 1 aromatic carbocycles. The van der Waals surface area contributed by atoms with Crippen molar-refractivity contribution >= 4 is 5.91 Å². The zero-order valence-corrected chi connectivity index (χ0v) is 12.1. The van der Waals surface area contributed by atoms with Crippen molar-refractivity contribution in [1.82, 2.24) is 4.90 Å². The van der Waals surface area contributed by atoms with Crippen LogP contribution in [0.3, 0.4) is 0 Å². The van der Waals surface area contributed by atoms with E-state index in [9.17, 15) is 4.79 Å². The van der Waals surface area contributed by atoms with Gasteiger partial charge in [0.2, 0.25) is 5.91 Å². The molecule has 4 heteroatoms. The van der Waals surface area contributed by atoms with Gasteiger partial charge in [0, 0.05) is 25.6 Å². The number of hydrogen-bond donors (Lipinski definition) is 1. The summed E-state index contributed by atoms with van der Waals surface area (Å²) in [5.74, 6) is 0.193. The smallest absolute Gasteiger partial charge is 0.222 e. The van der Waals surface area contributed by atoms with E-state index in [2.05, 4.69) is 6.92 Å². The molecule has 0 radical (unpaired) electrons. The predicted molar refractivity (Wildman–Crippen MR) is 79.2 cm³/mol. The first kappa shape index (κ1) is 15.0. The van der Waals surface area contributed by atoms with Gasteiger partial charge in [-0.05, 0) is 18.4 Å². The van der Waals surface area contributed by atoms with Gasteiger partial charge in [0.15, 0.2) is 0 Å². The highest BCUT2D eigenvalue weighted by molar-refractivity contribution is 5.76. The number of nitrogens with two attached hydrogens (primary N) is 1. The summed E-state index contributed by atoms with van der Waals surface area (Å²) < 4.78 is 5.58. The van der Waals surface area contributed by atoms with Crippen LogP contribution in [0, 0.1) is 0 Å². The second kappa shape index (κ2) is 7.41. The monoisotopic (exact) mass is 276 g/mol. The van der Waals surface area contributed by atoms with Crippen molar-refractivity contribution in [2.75, 3.05) is 19.7 Å². The fourth-order valence-corrected chi connectivity index (χ4v) is 2.50. The summed E-state index contributed by atoms with van der Waals surface area (Å²) in [6, 6.07) is 9.88. The van der Waals surface area contributed by atoms with Crippen molar-refractivity contribution in [3.63, 3.8) is 0 Å². The summed E-state index contributed by atoms with van der Waals surface area (Å²) in [6.07, 6.45) is 2.34. The van der Waals surface area contributed by atoms with E-state index >= 15 is 0 Å². The van der Waals surface area contributed by atoms with E-state index in [1.165, 1.54) is 0 Å². The van der Waals surface area contributed by atoms with Crippen LogP contribution >= 0.6 is 0 Å². The summed E-state index contributed by atoms with van der Waals surface area (Å²) in [5.41, 5.74) is 7.22. The Bertz CT molecular complexity index is 422. The SMILES string of the molecule is CCC1CN(C(=O)CCC(N)c2ccccc2)CCO1. The number of nitrogens with zero attached hydrogens (tertiary/aromatic N) is 1. The molecule has 0 saturated carbocycles. The maximum atomic E-state index is 12.2. The summed E-state index contributed by atoms with van der Waals surface area (Å²) in [6.45, 7) is 4.16. The first-order chi connectivity index (χ1) is 9.70. The minimum atomic E-state index is -0.0665. The van der Waals surface area contributed by atoms with Crippen molar-refractivity contribution in [2.45, 2.75) is 38.3 Å². The molecule has 0 aliphatic carbocycles. The zero-order valence-electron chi connectivity index (χ0n) is 12.1. The molecule has 1 saturated heterocycles. The number of carbonyl (C=O) groups excluding carboxylic acids is 1. The lowest BCUT2D eigenvalue weighted by Crippen LogP contribution is -2.45. The third kappa shape index (κ3) is 4.05. The van der Waals surface area contributed by atoms with E-state index in [0.717, 1.165) is 18.5 Å². The van der Waals surface area contributed by atoms with Gasteiger partial charge in [0.1, 0.15) is 0 Å². The maximum absolute atomic E-state index is 12.2. The lowest BCUT2D eigenvalue weighted by molar-refractivity contribution is -0.139. The molecule has 4 nitrogen and oxygen atoms in total. The molecule has 0 aromatic heterocycles. The predicted octanol–water partition coefficient (Wildman–Crippen LogP) is 2.10. The van der Waals surface area contributed by atoms with Gasteiger partial charge in [-0.1, -0.05) is 37.3 Å². The molecule has 1 fully saturated rings. The Morgan fingerprint density at radius 2 is 2.20 bits per heavy atom. The van der Waals surface area contributed by atoms with Crippen LogP contribution in [-0.2, 0) is 9.53 Å². The Labute approximate surface area is 120 Å². The van der Waals surface area contributed by atoms with Crippen molar-refractivity contribution in [3.8, 4) is 0 Å². The molecule has 1 heterocycles. The van der Waals surface area contributed by atoms with Crippen LogP contribution in [0.2, 0.25) is 0 Å². The Morgan fingerprint density at radius 1 is 1.45 bits per heavy atom. The van der Waals surface area contributed by atoms with Gasteiger partial charge in [-0.2, -0.15) is 0 Å². The summed E-state index contributed by atoms with van der Waals surface area (Å²) >= 11 is 0. The highest BCUT2D eigenvalue weighted by atomic mass is 16.5. The van der Waals surface area contributed by atoms with Crippen LogP contribution in [-0.4, -0.2) is 36.6 Å². The Hall–Kier alpha value is -1.39. The van der Waals surface area contributed by atoms with Gasteiger partial charge in [-0.15, -0.1) is 0 Å². The van der Waals surface area contributed by atoms with Gasteiger partial charge in [0.05, 0.1) is 12.7 Å². The first-order valence-corrected chi connectivity index (χ1v) is 7.40. The van der Waals surface area contributed by atoms with Crippen LogP contribution in [0.15, 0.2) is 30.3 Å². The molecular formula is C16H24N2O2. The number of benzene rings is 1. The third-order valence-corrected chi connectivity index (χ3v) is 3.84. The standard InChI is InChI=1S/C16H24N2O2/c1-2-14-12-18(10-11-20-14)16(19)9-8-15(17)13-6-4-3-5-7-13/h3-7,14-15H,2,8-12,17H2,1H3. The van der Waals surface area contributed by atoms with E-state index in [4.69, 9.17) is 10.5 Å². The van der Waals surface area contributed by atoms with Crippen molar-refractivity contribution < 1.29 is 9.53 Å². The fourth-order valence-electron chi connectivity index (χ4n) is 2.50. The molecule has 110 valence electrons. The zero-order chi connectivity index (χ0) is 14.4. The highest BCUT2D eigenvalue weighted by Crippen LogP contribution is 2.17. The van der Waals surface area contributed by atoms with E-state index in [0.29, 0.717) is 26.0 Å². The largest absolute Gasteiger partial charge is 0.375 e. The van der Waals surface area contributed by atoms with Crippen molar-refractivity contribution in [1.29, 1.82) is 0 Å². The average molecular weight is 276 g/mol. The molecule has 2 N–H and O–H groups in total. The molecule has 0 spiro atoms. The molecule has 2 unspecified atom stereocenters. The number of hydrogen-bond acceptors (Lipinski definition) is 3. The Balaban J connectivity index is 1.80. The summed E-state index contributed by atoms with van der Waals surface area (Å²) in [7, 11) is 0. The van der Waals surface area contributed by atoms with Crippen molar-refractivity contribution in [3.05, 3.63) is 35.9 Å². The minimum absolute atomic E-state index is 0.0665. The molecule has 1 amide bonds. The number of rotatable bonds is 5. The molecule has 0 bridgehead atoms. The molecule has 2 atom stereocenters. The van der Waals surface area contributed by atoms with Gasteiger partial charge >= 0.3 is 0 Å². The second-order valence-electron chi connectivity index (χ2n) is 5.30. The lowest BCUT2D eigenvalue weighted by atomic mass is 10.0. The Morgan fingerprint density at radius 3 is 2.90 bits per heavy atom. The van der Waals surface area contributed by atoms with E-state index < -0.39 is 0 Å².